The molecule has 0 aliphatic carbocycles. The number of nitrogens with one attached hydrogen (secondary N) is 1. The summed E-state index contributed by atoms with van der Waals surface area (Å²) >= 11 is 6.07. The van der Waals surface area contributed by atoms with Gasteiger partial charge in [-0.3, -0.25) is 4.79 Å². The van der Waals surface area contributed by atoms with E-state index in [1.165, 1.54) is 0 Å². The Morgan fingerprint density at radius 2 is 2.11 bits per heavy atom. The minimum atomic E-state index is -0.150. The van der Waals surface area contributed by atoms with Crippen LogP contribution in [-0.2, 0) is 0 Å². The molecule has 0 aromatic heterocycles. The Bertz CT molecular complexity index is 460. The van der Waals surface area contributed by atoms with Gasteiger partial charge >= 0.3 is 0 Å². The van der Waals surface area contributed by atoms with E-state index in [0.29, 0.717) is 47.8 Å². The number of ether oxygens (including phenoxy) is 2. The van der Waals surface area contributed by atoms with E-state index >= 15 is 0 Å². The van der Waals surface area contributed by atoms with Gasteiger partial charge in [-0.05, 0) is 18.1 Å². The highest BCUT2D eigenvalue weighted by atomic mass is 35.5. The molecule has 0 saturated carbocycles. The second-order valence-electron chi connectivity index (χ2n) is 4.59. The predicted octanol–water partition coefficient (Wildman–Crippen LogP) is 2.50. The average Bonchev–Trinajstić information content (AvgIpc) is 2.36. The molecular weight excluding hydrogens is 254 g/mol. The highest BCUT2D eigenvalue weighted by Crippen LogP contribution is 2.38. The monoisotopic (exact) mass is 269 g/mol. The zero-order chi connectivity index (χ0) is 13.1. The molecule has 1 aliphatic rings. The minimum Gasteiger partial charge on any atom is -0.486 e. The summed E-state index contributed by atoms with van der Waals surface area (Å²) in [6.45, 7) is 5.66. The van der Waals surface area contributed by atoms with Gasteiger partial charge in [-0.2, -0.15) is 0 Å². The Hall–Kier alpha value is -1.42. The summed E-state index contributed by atoms with van der Waals surface area (Å²) in [7, 11) is 0. The van der Waals surface area contributed by atoms with Crippen LogP contribution in [0, 0.1) is 5.92 Å². The van der Waals surface area contributed by atoms with Crippen molar-refractivity contribution in [3.63, 3.8) is 0 Å². The highest BCUT2D eigenvalue weighted by molar-refractivity contribution is 6.32. The van der Waals surface area contributed by atoms with Crippen LogP contribution in [0.1, 0.15) is 24.2 Å². The molecule has 1 amide bonds. The van der Waals surface area contributed by atoms with Crippen LogP contribution < -0.4 is 14.8 Å². The van der Waals surface area contributed by atoms with Crippen LogP contribution in [0.3, 0.4) is 0 Å². The molecular formula is C13H16ClNO3. The van der Waals surface area contributed by atoms with Gasteiger partial charge in [0.05, 0.1) is 5.02 Å². The lowest BCUT2D eigenvalue weighted by atomic mass is 10.1. The van der Waals surface area contributed by atoms with Crippen LogP contribution in [0.5, 0.6) is 11.5 Å². The Morgan fingerprint density at radius 3 is 2.83 bits per heavy atom. The van der Waals surface area contributed by atoms with Crippen molar-refractivity contribution < 1.29 is 14.3 Å². The number of hydrogen-bond acceptors (Lipinski definition) is 3. The Balaban J connectivity index is 2.19. The van der Waals surface area contributed by atoms with Crippen LogP contribution in [-0.4, -0.2) is 25.7 Å². The molecule has 1 heterocycles. The van der Waals surface area contributed by atoms with E-state index in [1.807, 2.05) is 13.8 Å². The van der Waals surface area contributed by atoms with Gasteiger partial charge in [0.15, 0.2) is 11.5 Å². The van der Waals surface area contributed by atoms with Gasteiger partial charge in [0.1, 0.15) is 13.2 Å². The molecule has 0 spiro atoms. The van der Waals surface area contributed by atoms with Gasteiger partial charge in [0, 0.05) is 12.1 Å². The SMILES string of the molecule is CC(C)CNC(=O)c1cc(Cl)c2c(c1)OCCO2. The molecule has 1 aromatic carbocycles. The van der Waals surface area contributed by atoms with Gasteiger partial charge in [0.2, 0.25) is 0 Å². The molecule has 5 heteroatoms. The Labute approximate surface area is 111 Å². The summed E-state index contributed by atoms with van der Waals surface area (Å²) < 4.78 is 10.8. The van der Waals surface area contributed by atoms with Crippen molar-refractivity contribution in [2.75, 3.05) is 19.8 Å². The number of amides is 1. The largest absolute Gasteiger partial charge is 0.486 e. The van der Waals surface area contributed by atoms with Crippen molar-refractivity contribution in [3.8, 4) is 11.5 Å². The van der Waals surface area contributed by atoms with Gasteiger partial charge in [-0.15, -0.1) is 0 Å². The van der Waals surface area contributed by atoms with Crippen molar-refractivity contribution >= 4 is 17.5 Å². The summed E-state index contributed by atoms with van der Waals surface area (Å²) in [5, 5.41) is 3.24. The molecule has 1 aliphatic heterocycles. The number of fused-ring (bicyclic) bond motifs is 1. The first kappa shape index (κ1) is 13.0. The third-order valence-corrected chi connectivity index (χ3v) is 2.81. The van der Waals surface area contributed by atoms with Crippen LogP contribution in [0.4, 0.5) is 0 Å². The van der Waals surface area contributed by atoms with Crippen molar-refractivity contribution in [3.05, 3.63) is 22.7 Å². The molecule has 0 unspecified atom stereocenters. The topological polar surface area (TPSA) is 47.6 Å². The summed E-state index contributed by atoms with van der Waals surface area (Å²) in [5.74, 6) is 1.30. The third-order valence-electron chi connectivity index (χ3n) is 2.53. The number of halogens is 1. The van der Waals surface area contributed by atoms with E-state index in [4.69, 9.17) is 21.1 Å². The molecule has 1 aromatic rings. The lowest BCUT2D eigenvalue weighted by molar-refractivity contribution is 0.0947. The van der Waals surface area contributed by atoms with E-state index < -0.39 is 0 Å². The summed E-state index contributed by atoms with van der Waals surface area (Å²) in [6, 6.07) is 3.26. The van der Waals surface area contributed by atoms with Gasteiger partial charge in [-0.25, -0.2) is 0 Å². The lowest BCUT2D eigenvalue weighted by Gasteiger charge is -2.20. The second kappa shape index (κ2) is 5.48. The first-order valence-corrected chi connectivity index (χ1v) is 6.33. The summed E-state index contributed by atoms with van der Waals surface area (Å²) in [5.41, 5.74) is 0.491. The summed E-state index contributed by atoms with van der Waals surface area (Å²) in [4.78, 5) is 11.9. The Kier molecular flexibility index (Phi) is 3.97. The van der Waals surface area contributed by atoms with Crippen LogP contribution in [0.25, 0.3) is 0 Å². The lowest BCUT2D eigenvalue weighted by Crippen LogP contribution is -2.27. The zero-order valence-corrected chi connectivity index (χ0v) is 11.2. The maximum absolute atomic E-state index is 11.9. The third kappa shape index (κ3) is 2.88. The number of benzene rings is 1. The van der Waals surface area contributed by atoms with E-state index in [1.54, 1.807) is 12.1 Å². The van der Waals surface area contributed by atoms with E-state index in [-0.39, 0.29) is 5.91 Å². The number of hydrogen-bond donors (Lipinski definition) is 1. The van der Waals surface area contributed by atoms with Crippen molar-refractivity contribution in [1.82, 2.24) is 5.32 Å². The van der Waals surface area contributed by atoms with Gasteiger partial charge in [0.25, 0.3) is 5.91 Å². The molecule has 0 atom stereocenters. The van der Waals surface area contributed by atoms with E-state index in [2.05, 4.69) is 5.32 Å². The first-order chi connectivity index (χ1) is 8.58. The van der Waals surface area contributed by atoms with Crippen LogP contribution in [0.15, 0.2) is 12.1 Å². The molecule has 1 N–H and O–H groups in total. The number of carbonyl (C=O) groups is 1. The standard InChI is InChI=1S/C13H16ClNO3/c1-8(2)7-15-13(16)9-5-10(14)12-11(6-9)17-3-4-18-12/h5-6,8H,3-4,7H2,1-2H3,(H,15,16). The van der Waals surface area contributed by atoms with Crippen LogP contribution >= 0.6 is 11.6 Å². The normalized spacial score (nSPS) is 13.6. The Morgan fingerprint density at radius 1 is 1.39 bits per heavy atom. The van der Waals surface area contributed by atoms with Crippen molar-refractivity contribution in [1.29, 1.82) is 0 Å². The smallest absolute Gasteiger partial charge is 0.251 e. The van der Waals surface area contributed by atoms with Crippen molar-refractivity contribution in [2.45, 2.75) is 13.8 Å². The van der Waals surface area contributed by atoms with Crippen LogP contribution in [0.2, 0.25) is 5.02 Å². The molecule has 0 bridgehead atoms. The maximum atomic E-state index is 11.9. The highest BCUT2D eigenvalue weighted by Gasteiger charge is 2.19. The molecule has 98 valence electrons. The minimum absolute atomic E-state index is 0.150. The van der Waals surface area contributed by atoms with Crippen molar-refractivity contribution in [2.24, 2.45) is 5.92 Å². The molecule has 2 rings (SSSR count). The predicted molar refractivity (Wildman–Crippen MR) is 69.6 cm³/mol. The fourth-order valence-electron chi connectivity index (χ4n) is 1.64. The molecule has 18 heavy (non-hydrogen) atoms. The van der Waals surface area contributed by atoms with E-state index in [0.717, 1.165) is 0 Å². The zero-order valence-electron chi connectivity index (χ0n) is 10.5. The maximum Gasteiger partial charge on any atom is 0.251 e. The average molecular weight is 270 g/mol. The molecule has 0 saturated heterocycles. The molecule has 4 nitrogen and oxygen atoms in total. The molecule has 0 fully saturated rings. The molecule has 0 radical (unpaired) electrons. The fourth-order valence-corrected chi connectivity index (χ4v) is 1.91. The number of rotatable bonds is 3. The first-order valence-electron chi connectivity index (χ1n) is 5.95. The number of carbonyl (C=O) groups excluding carboxylic acids is 1. The second-order valence-corrected chi connectivity index (χ2v) is 4.99. The summed E-state index contributed by atoms with van der Waals surface area (Å²) in [6.07, 6.45) is 0. The van der Waals surface area contributed by atoms with Gasteiger partial charge < -0.3 is 14.8 Å². The fraction of sp³-hybridized carbons (Fsp3) is 0.462. The van der Waals surface area contributed by atoms with E-state index in [9.17, 15) is 4.79 Å². The quantitative estimate of drug-likeness (QED) is 0.917. The van der Waals surface area contributed by atoms with Gasteiger partial charge in [-0.1, -0.05) is 25.4 Å².